The topological polar surface area (TPSA) is 70.8 Å². The molecule has 0 rings (SSSR count). The lowest BCUT2D eigenvalue weighted by Crippen LogP contribution is -2.27. The molecule has 0 radical (unpaired) electrons. The van der Waals surface area contributed by atoms with Crippen LogP contribution in [0.3, 0.4) is 0 Å². The Bertz CT molecular complexity index is 182. The number of hydrogen-bond acceptors (Lipinski definition) is 5. The van der Waals surface area contributed by atoms with Gasteiger partial charge in [0.1, 0.15) is 12.2 Å². The number of ether oxygens (including phenoxy) is 3. The molecule has 0 unspecified atom stereocenters. The summed E-state index contributed by atoms with van der Waals surface area (Å²) in [6.45, 7) is 7.23. The van der Waals surface area contributed by atoms with E-state index in [1.54, 1.807) is 0 Å². The molecule has 5 nitrogen and oxygen atoms in total. The van der Waals surface area contributed by atoms with Crippen molar-refractivity contribution in [1.82, 2.24) is 0 Å². The summed E-state index contributed by atoms with van der Waals surface area (Å²) in [5.41, 5.74) is 4.76. The van der Waals surface area contributed by atoms with E-state index in [0.29, 0.717) is 26.4 Å². The lowest BCUT2D eigenvalue weighted by atomic mass is 10.2. The van der Waals surface area contributed by atoms with Crippen molar-refractivity contribution in [2.24, 2.45) is 5.73 Å². The fourth-order valence-corrected chi connectivity index (χ4v) is 0.830. The van der Waals surface area contributed by atoms with E-state index in [4.69, 9.17) is 19.9 Å². The van der Waals surface area contributed by atoms with Crippen LogP contribution in [0.2, 0.25) is 0 Å². The van der Waals surface area contributed by atoms with Crippen LogP contribution >= 0.6 is 12.4 Å². The summed E-state index contributed by atoms with van der Waals surface area (Å²) in [6, 6.07) is 0. The van der Waals surface area contributed by atoms with E-state index in [1.807, 2.05) is 20.8 Å². The third-order valence-corrected chi connectivity index (χ3v) is 1.27. The summed E-state index contributed by atoms with van der Waals surface area (Å²) < 4.78 is 15.2. The monoisotopic (exact) mass is 255 g/mol. The van der Waals surface area contributed by atoms with Gasteiger partial charge in [0.05, 0.1) is 19.8 Å². The van der Waals surface area contributed by atoms with Gasteiger partial charge in [0, 0.05) is 6.54 Å². The number of hydrogen-bond donors (Lipinski definition) is 1. The average molecular weight is 256 g/mol. The number of halogens is 1. The molecule has 0 aliphatic rings. The molecule has 0 spiro atoms. The molecule has 0 aromatic carbocycles. The molecule has 0 aliphatic heterocycles. The van der Waals surface area contributed by atoms with Crippen LogP contribution < -0.4 is 5.73 Å². The Labute approximate surface area is 103 Å². The smallest absolute Gasteiger partial charge is 0.332 e. The molecule has 0 fully saturated rings. The fraction of sp³-hybridized carbons (Fsp3) is 0.900. The first-order valence-corrected chi connectivity index (χ1v) is 5.03. The third kappa shape index (κ3) is 13.6. The highest BCUT2D eigenvalue weighted by Crippen LogP contribution is 2.06. The first kappa shape index (κ1) is 18.0. The highest BCUT2D eigenvalue weighted by molar-refractivity contribution is 5.85. The standard InChI is InChI=1S/C10H21NO4.ClH/c1-10(2,3)15-9(12)8-14-7-6-13-5-4-11;/h4-8,11H2,1-3H3;1H. The second-order valence-electron chi connectivity index (χ2n) is 4.04. The van der Waals surface area contributed by atoms with Gasteiger partial charge >= 0.3 is 5.97 Å². The first-order valence-electron chi connectivity index (χ1n) is 5.03. The Hall–Kier alpha value is -0.360. The molecule has 0 aromatic heterocycles. The molecule has 0 aromatic rings. The molecule has 0 atom stereocenters. The van der Waals surface area contributed by atoms with Crippen LogP contribution in [0.15, 0.2) is 0 Å². The number of esters is 1. The minimum absolute atomic E-state index is 0. The third-order valence-electron chi connectivity index (χ3n) is 1.27. The van der Waals surface area contributed by atoms with Crippen LogP contribution in [0.1, 0.15) is 20.8 Å². The van der Waals surface area contributed by atoms with E-state index >= 15 is 0 Å². The Morgan fingerprint density at radius 1 is 1.12 bits per heavy atom. The van der Waals surface area contributed by atoms with Crippen LogP contribution in [0, 0.1) is 0 Å². The molecule has 2 N–H and O–H groups in total. The zero-order valence-corrected chi connectivity index (χ0v) is 11.0. The summed E-state index contributed by atoms with van der Waals surface area (Å²) in [5, 5.41) is 0. The molecule has 0 saturated carbocycles. The van der Waals surface area contributed by atoms with Crippen molar-refractivity contribution < 1.29 is 19.0 Å². The number of carbonyl (C=O) groups is 1. The first-order chi connectivity index (χ1) is 6.95. The Morgan fingerprint density at radius 3 is 2.19 bits per heavy atom. The van der Waals surface area contributed by atoms with Gasteiger partial charge in [-0.3, -0.25) is 0 Å². The molecule has 0 saturated heterocycles. The van der Waals surface area contributed by atoms with Crippen molar-refractivity contribution in [3.8, 4) is 0 Å². The quantitative estimate of drug-likeness (QED) is 0.537. The summed E-state index contributed by atoms with van der Waals surface area (Å²) in [4.78, 5) is 11.1. The van der Waals surface area contributed by atoms with Crippen molar-refractivity contribution in [3.05, 3.63) is 0 Å². The predicted octanol–water partition coefficient (Wildman–Crippen LogP) is 0.742. The molecule has 0 amide bonds. The molecule has 6 heteroatoms. The molecule has 0 aliphatic carbocycles. The summed E-state index contributed by atoms with van der Waals surface area (Å²) in [6.07, 6.45) is 0. The highest BCUT2D eigenvalue weighted by atomic mass is 35.5. The highest BCUT2D eigenvalue weighted by Gasteiger charge is 2.15. The van der Waals surface area contributed by atoms with Gasteiger partial charge < -0.3 is 19.9 Å². The van der Waals surface area contributed by atoms with E-state index in [0.717, 1.165) is 0 Å². The van der Waals surface area contributed by atoms with Gasteiger partial charge in [0.15, 0.2) is 0 Å². The van der Waals surface area contributed by atoms with Crippen LogP contribution in [0.4, 0.5) is 0 Å². The van der Waals surface area contributed by atoms with Gasteiger partial charge in [0.25, 0.3) is 0 Å². The van der Waals surface area contributed by atoms with E-state index in [9.17, 15) is 4.79 Å². The summed E-state index contributed by atoms with van der Waals surface area (Å²) >= 11 is 0. The minimum atomic E-state index is -0.462. The Balaban J connectivity index is 0. The summed E-state index contributed by atoms with van der Waals surface area (Å²) in [5.74, 6) is -0.360. The second-order valence-corrected chi connectivity index (χ2v) is 4.04. The molecule has 0 heterocycles. The Kier molecular flexibility index (Phi) is 11.1. The zero-order valence-electron chi connectivity index (χ0n) is 10.2. The van der Waals surface area contributed by atoms with E-state index in [2.05, 4.69) is 0 Å². The van der Waals surface area contributed by atoms with Crippen molar-refractivity contribution in [1.29, 1.82) is 0 Å². The van der Waals surface area contributed by atoms with Crippen molar-refractivity contribution >= 4 is 18.4 Å². The van der Waals surface area contributed by atoms with Crippen molar-refractivity contribution in [2.75, 3.05) is 33.0 Å². The number of nitrogens with two attached hydrogens (primary N) is 1. The molecule has 0 bridgehead atoms. The average Bonchev–Trinajstić information content (AvgIpc) is 2.08. The lowest BCUT2D eigenvalue weighted by molar-refractivity contribution is -0.160. The maximum Gasteiger partial charge on any atom is 0.332 e. The number of rotatable bonds is 7. The Morgan fingerprint density at radius 2 is 1.69 bits per heavy atom. The van der Waals surface area contributed by atoms with Gasteiger partial charge in [-0.15, -0.1) is 12.4 Å². The van der Waals surface area contributed by atoms with E-state index < -0.39 is 5.60 Å². The van der Waals surface area contributed by atoms with Crippen LogP contribution in [0.25, 0.3) is 0 Å². The zero-order chi connectivity index (χ0) is 11.7. The van der Waals surface area contributed by atoms with Gasteiger partial charge in [-0.05, 0) is 20.8 Å². The van der Waals surface area contributed by atoms with Crippen LogP contribution in [-0.4, -0.2) is 44.5 Å². The molecular formula is C10H22ClNO4. The summed E-state index contributed by atoms with van der Waals surface area (Å²) in [7, 11) is 0. The van der Waals surface area contributed by atoms with Gasteiger partial charge in [0.2, 0.25) is 0 Å². The van der Waals surface area contributed by atoms with E-state index in [1.165, 1.54) is 0 Å². The predicted molar refractivity (Wildman–Crippen MR) is 63.8 cm³/mol. The molecule has 16 heavy (non-hydrogen) atoms. The lowest BCUT2D eigenvalue weighted by Gasteiger charge is -2.19. The fourth-order valence-electron chi connectivity index (χ4n) is 0.830. The van der Waals surface area contributed by atoms with Crippen molar-refractivity contribution in [3.63, 3.8) is 0 Å². The largest absolute Gasteiger partial charge is 0.458 e. The van der Waals surface area contributed by atoms with Gasteiger partial charge in [-0.25, -0.2) is 4.79 Å². The van der Waals surface area contributed by atoms with Gasteiger partial charge in [-0.1, -0.05) is 0 Å². The maximum atomic E-state index is 11.1. The number of carbonyl (C=O) groups excluding carboxylic acids is 1. The van der Waals surface area contributed by atoms with Crippen molar-refractivity contribution in [2.45, 2.75) is 26.4 Å². The van der Waals surface area contributed by atoms with Gasteiger partial charge in [-0.2, -0.15) is 0 Å². The van der Waals surface area contributed by atoms with E-state index in [-0.39, 0.29) is 25.0 Å². The maximum absolute atomic E-state index is 11.1. The minimum Gasteiger partial charge on any atom is -0.458 e. The molecular weight excluding hydrogens is 234 g/mol. The van der Waals surface area contributed by atoms with Crippen LogP contribution in [0.5, 0.6) is 0 Å². The second kappa shape index (κ2) is 9.84. The molecule has 98 valence electrons. The van der Waals surface area contributed by atoms with Crippen LogP contribution in [-0.2, 0) is 19.0 Å². The normalized spacial score (nSPS) is 10.8. The SMILES string of the molecule is CC(C)(C)OC(=O)COCCOCCN.Cl.